The molecule has 0 aromatic rings. The minimum absolute atomic E-state index is 0. The van der Waals surface area contributed by atoms with Crippen LogP contribution in [0.25, 0.3) is 0 Å². The van der Waals surface area contributed by atoms with E-state index in [0.717, 1.165) is 0 Å². The molecule has 0 heterocycles. The third-order valence-electron chi connectivity index (χ3n) is 0. The van der Waals surface area contributed by atoms with Crippen LogP contribution >= 0.6 is 0 Å². The van der Waals surface area contributed by atoms with Crippen LogP contribution in [-0.2, 0) is 33.8 Å². The fraction of sp³-hybridized carbons (Fsp3) is 0. The van der Waals surface area contributed by atoms with E-state index in [1.54, 1.807) is 0 Å². The quantitative estimate of drug-likeness (QED) is 0.428. The molecule has 0 rings (SSSR count). The zero-order chi connectivity index (χ0) is 2.71. The second kappa shape index (κ2) is 9.04. The molecule has 0 N–H and O–H groups in total. The van der Waals surface area contributed by atoms with Gasteiger partial charge in [0.1, 0.15) is 0 Å². The smallest absolute Gasteiger partial charge is 0 e. The maximum absolute atomic E-state index is 2.80. The van der Waals surface area contributed by atoms with Gasteiger partial charge in [0.05, 0.1) is 0 Å². The summed E-state index contributed by atoms with van der Waals surface area (Å²) in [5.74, 6) is 0. The number of hydrogen-bond donors (Lipinski definition) is 0. The van der Waals surface area contributed by atoms with Crippen molar-refractivity contribution in [2.24, 2.45) is 0 Å². The van der Waals surface area contributed by atoms with E-state index < -0.39 is 0 Å². The fourth-order valence-electron chi connectivity index (χ4n) is 0. The number of hydrogen-bond acceptors (Lipinski definition) is 0. The van der Waals surface area contributed by atoms with E-state index in [-0.39, 0.29) is 21.1 Å². The Morgan fingerprint density at radius 3 is 1.25 bits per heavy atom. The van der Waals surface area contributed by atoms with Crippen LogP contribution < -0.4 is 0 Å². The molecule has 0 atom stereocenters. The van der Waals surface area contributed by atoms with Crippen molar-refractivity contribution < 1.29 is 33.8 Å². The Balaban J connectivity index is 0. The van der Waals surface area contributed by atoms with Crippen molar-refractivity contribution >= 4 is 25.9 Å². The molecule has 0 aliphatic heterocycles. The van der Waals surface area contributed by atoms with Crippen molar-refractivity contribution in [1.82, 2.24) is 0 Å². The van der Waals surface area contributed by atoms with Gasteiger partial charge >= 0.3 is 38.7 Å². The molecule has 28 valence electrons. The molecule has 0 spiro atoms. The van der Waals surface area contributed by atoms with Crippen molar-refractivity contribution in [3.63, 3.8) is 0 Å². The van der Waals surface area contributed by atoms with Crippen molar-refractivity contribution in [3.8, 4) is 0 Å². The predicted molar refractivity (Wildman–Crippen MR) is 11.5 cm³/mol. The third-order valence-corrected chi connectivity index (χ3v) is 0. The Morgan fingerprint density at radius 2 is 1.25 bits per heavy atom. The van der Waals surface area contributed by atoms with Crippen LogP contribution in [0.5, 0.6) is 0 Å². The molecule has 0 aliphatic carbocycles. The molecular weight excluding hydrogens is 448 g/mol. The summed E-state index contributed by atoms with van der Waals surface area (Å²) < 4.78 is 0. The molecule has 0 radical (unpaired) electrons. The van der Waals surface area contributed by atoms with Gasteiger partial charge in [0.2, 0.25) is 0 Å². The average molecular weight is 448 g/mol. The van der Waals surface area contributed by atoms with Gasteiger partial charge in [-0.05, 0) is 0 Å². The molecule has 0 fully saturated rings. The summed E-state index contributed by atoms with van der Waals surface area (Å²) >= 11 is 6.30. The van der Waals surface area contributed by atoms with E-state index in [1.165, 1.54) is 0 Å². The van der Waals surface area contributed by atoms with Crippen LogP contribution in [0.4, 0.5) is 0 Å². The van der Waals surface area contributed by atoms with Crippen molar-refractivity contribution in [2.75, 3.05) is 0 Å². The van der Waals surface area contributed by atoms with E-state index in [9.17, 15) is 0 Å². The van der Waals surface area contributed by atoms with Gasteiger partial charge in [0.25, 0.3) is 0 Å². The maximum Gasteiger partial charge on any atom is 0 e. The van der Waals surface area contributed by atoms with Gasteiger partial charge in [-0.1, -0.05) is 0 Å². The van der Waals surface area contributed by atoms with Crippen LogP contribution in [0.15, 0.2) is 0 Å². The topological polar surface area (TPSA) is 0 Å². The molecule has 0 unspecified atom stereocenters. The van der Waals surface area contributed by atoms with Crippen LogP contribution in [0.1, 0.15) is 0 Å². The van der Waals surface area contributed by atoms with Gasteiger partial charge in [-0.15, -0.1) is 0 Å². The Hall–Kier alpha value is 2.39. The second-order valence-electron chi connectivity index (χ2n) is 0.0527. The molecule has 4 heteroatoms. The predicted octanol–water partition coefficient (Wildman–Crippen LogP) is -0.767. The van der Waals surface area contributed by atoms with E-state index in [2.05, 4.69) is 25.9 Å². The Labute approximate surface area is 58.8 Å². The largest absolute Gasteiger partial charge is 0 e. The van der Waals surface area contributed by atoms with E-state index >= 15 is 0 Å². The molecule has 0 amide bonds. The molecule has 0 saturated carbocycles. The minimum atomic E-state index is 0. The van der Waals surface area contributed by atoms with Gasteiger partial charge < -0.3 is 0 Å². The summed E-state index contributed by atoms with van der Waals surface area (Å²) in [7, 11) is 0. The summed E-state index contributed by atoms with van der Waals surface area (Å²) in [5.41, 5.74) is 0. The first-order valence-corrected chi connectivity index (χ1v) is 7.94. The second-order valence-corrected chi connectivity index (χ2v) is 8.42. The monoisotopic (exact) mass is 450 g/mol. The van der Waals surface area contributed by atoms with Gasteiger partial charge in [-0.25, -0.2) is 0 Å². The van der Waals surface area contributed by atoms with Crippen LogP contribution in [0.3, 0.4) is 0 Å². The zero-order valence-corrected chi connectivity index (χ0v) is 9.46. The average Bonchev–Trinajstić information content (AvgIpc) is 0.918. The Kier molecular flexibility index (Phi) is 21.8. The summed E-state index contributed by atoms with van der Waals surface area (Å²) in [6.07, 6.45) is 0. The first-order valence-electron chi connectivity index (χ1n) is 0.258. The van der Waals surface area contributed by atoms with E-state index in [0.29, 0.717) is 12.8 Å². The molecule has 0 aromatic carbocycles. The molecular formula is PdSe2W. The summed E-state index contributed by atoms with van der Waals surface area (Å²) in [6.45, 7) is 0. The first kappa shape index (κ1) is 9.63. The summed E-state index contributed by atoms with van der Waals surface area (Å²) in [6, 6.07) is 0. The molecule has 0 saturated heterocycles. The molecule has 4 heavy (non-hydrogen) atoms. The van der Waals surface area contributed by atoms with Crippen LogP contribution in [-0.4, -0.2) is 25.9 Å². The van der Waals surface area contributed by atoms with E-state index in [1.807, 2.05) is 0 Å². The molecule has 0 aliphatic rings. The fourth-order valence-corrected chi connectivity index (χ4v) is 0. The van der Waals surface area contributed by atoms with E-state index in [4.69, 9.17) is 0 Å². The van der Waals surface area contributed by atoms with Crippen LogP contribution in [0.2, 0.25) is 0 Å². The van der Waals surface area contributed by atoms with Crippen molar-refractivity contribution in [1.29, 1.82) is 0 Å². The van der Waals surface area contributed by atoms with Crippen molar-refractivity contribution in [2.45, 2.75) is 0 Å². The third kappa shape index (κ3) is 8.83. The molecule has 0 nitrogen and oxygen atoms in total. The summed E-state index contributed by atoms with van der Waals surface area (Å²) in [5, 5.41) is 0. The number of rotatable bonds is 0. The zero-order valence-electron chi connectivity index (χ0n) is 1.54. The minimum Gasteiger partial charge on any atom is 0 e. The van der Waals surface area contributed by atoms with Gasteiger partial charge in [0.15, 0.2) is 0 Å². The van der Waals surface area contributed by atoms with Gasteiger partial charge in [-0.3, -0.25) is 0 Å². The summed E-state index contributed by atoms with van der Waals surface area (Å²) in [4.78, 5) is 0. The van der Waals surface area contributed by atoms with Crippen molar-refractivity contribution in [3.05, 3.63) is 0 Å². The van der Waals surface area contributed by atoms with Gasteiger partial charge in [0, 0.05) is 21.1 Å². The molecule has 0 bridgehead atoms. The van der Waals surface area contributed by atoms with Crippen LogP contribution in [0, 0.1) is 0 Å². The Bertz CT molecular complexity index is 27.0. The normalized spacial score (nSPS) is 5.00. The van der Waals surface area contributed by atoms with Gasteiger partial charge in [-0.2, -0.15) is 0 Å². The SMILES string of the molecule is [Se]=[Pd]=[Se].[W]. The molecule has 0 aromatic heterocycles. The Morgan fingerprint density at radius 1 is 1.25 bits per heavy atom. The first-order chi connectivity index (χ1) is 1.41. The standard InChI is InChI=1S/Pd.2Se.W. The maximum atomic E-state index is 2.80.